The van der Waals surface area contributed by atoms with Crippen LogP contribution >= 0.6 is 0 Å². The molecule has 0 bridgehead atoms. The van der Waals surface area contributed by atoms with Gasteiger partial charge in [0.05, 0.1) is 11.5 Å². The van der Waals surface area contributed by atoms with Crippen LogP contribution in [-0.4, -0.2) is 49.6 Å². The van der Waals surface area contributed by atoms with Gasteiger partial charge in [0.1, 0.15) is 0 Å². The van der Waals surface area contributed by atoms with Gasteiger partial charge in [-0.3, -0.25) is 0 Å². The lowest BCUT2D eigenvalue weighted by molar-refractivity contribution is 0.256. The van der Waals surface area contributed by atoms with Crippen molar-refractivity contribution in [3.63, 3.8) is 0 Å². The lowest BCUT2D eigenvalue weighted by Crippen LogP contribution is -2.36. The SMILES string of the molecule is CCC(C)N(C)CCNS(=O)(=O)c1c[nH]c(CO)c1. The van der Waals surface area contributed by atoms with Crippen molar-refractivity contribution in [2.75, 3.05) is 20.1 Å². The number of nitrogens with one attached hydrogen (secondary N) is 2. The molecule has 3 N–H and O–H groups in total. The second-order valence-electron chi connectivity index (χ2n) is 4.65. The van der Waals surface area contributed by atoms with E-state index in [1.165, 1.54) is 12.3 Å². The summed E-state index contributed by atoms with van der Waals surface area (Å²) in [7, 11) is -1.52. The Balaban J connectivity index is 2.52. The fraction of sp³-hybridized carbons (Fsp3) is 0.667. The molecule has 0 saturated heterocycles. The van der Waals surface area contributed by atoms with Crippen LogP contribution in [-0.2, 0) is 16.6 Å². The van der Waals surface area contributed by atoms with Crippen LogP contribution in [0.3, 0.4) is 0 Å². The smallest absolute Gasteiger partial charge is 0.242 e. The third kappa shape index (κ3) is 4.61. The molecule has 19 heavy (non-hydrogen) atoms. The number of aromatic nitrogens is 1. The van der Waals surface area contributed by atoms with Gasteiger partial charge in [0.2, 0.25) is 10.0 Å². The van der Waals surface area contributed by atoms with Gasteiger partial charge in [-0.2, -0.15) is 0 Å². The van der Waals surface area contributed by atoms with Crippen LogP contribution in [0.2, 0.25) is 0 Å². The highest BCUT2D eigenvalue weighted by Gasteiger charge is 2.16. The molecule has 1 heterocycles. The average Bonchev–Trinajstić information content (AvgIpc) is 2.86. The molecule has 1 rings (SSSR count). The molecule has 110 valence electrons. The quantitative estimate of drug-likeness (QED) is 0.651. The maximum absolute atomic E-state index is 12.0. The highest BCUT2D eigenvalue weighted by Crippen LogP contribution is 2.10. The lowest BCUT2D eigenvalue weighted by atomic mass is 10.2. The van der Waals surface area contributed by atoms with Crippen LogP contribution < -0.4 is 4.72 Å². The van der Waals surface area contributed by atoms with Gasteiger partial charge in [0, 0.05) is 31.0 Å². The van der Waals surface area contributed by atoms with Crippen molar-refractivity contribution in [1.82, 2.24) is 14.6 Å². The number of hydrogen-bond donors (Lipinski definition) is 3. The van der Waals surface area contributed by atoms with Crippen molar-refractivity contribution >= 4 is 10.0 Å². The molecule has 0 aromatic carbocycles. The van der Waals surface area contributed by atoms with Gasteiger partial charge in [0.25, 0.3) is 0 Å². The second-order valence-corrected chi connectivity index (χ2v) is 6.42. The molecular weight excluding hydrogens is 266 g/mol. The van der Waals surface area contributed by atoms with Crippen molar-refractivity contribution in [3.8, 4) is 0 Å². The normalized spacial score (nSPS) is 13.9. The monoisotopic (exact) mass is 289 g/mol. The fourth-order valence-electron chi connectivity index (χ4n) is 1.64. The van der Waals surface area contributed by atoms with E-state index in [4.69, 9.17) is 5.11 Å². The predicted molar refractivity (Wildman–Crippen MR) is 74.3 cm³/mol. The Bertz CT molecular complexity index is 484. The van der Waals surface area contributed by atoms with E-state index in [1.807, 2.05) is 7.05 Å². The van der Waals surface area contributed by atoms with Gasteiger partial charge in [-0.25, -0.2) is 13.1 Å². The minimum atomic E-state index is -3.50. The second kappa shape index (κ2) is 7.04. The first kappa shape index (κ1) is 16.2. The fourth-order valence-corrected chi connectivity index (χ4v) is 2.68. The molecule has 7 heteroatoms. The number of H-pyrrole nitrogens is 1. The molecule has 0 aliphatic heterocycles. The van der Waals surface area contributed by atoms with E-state index in [0.717, 1.165) is 6.42 Å². The lowest BCUT2D eigenvalue weighted by Gasteiger charge is -2.23. The number of aliphatic hydroxyl groups excluding tert-OH is 1. The molecule has 0 fully saturated rings. The van der Waals surface area contributed by atoms with Gasteiger partial charge in [-0.1, -0.05) is 6.92 Å². The number of nitrogens with zero attached hydrogens (tertiary/aromatic N) is 1. The van der Waals surface area contributed by atoms with Crippen molar-refractivity contribution in [2.45, 2.75) is 37.8 Å². The Morgan fingerprint density at radius 3 is 2.74 bits per heavy atom. The Labute approximate surface area is 114 Å². The zero-order chi connectivity index (χ0) is 14.5. The summed E-state index contributed by atoms with van der Waals surface area (Å²) >= 11 is 0. The molecule has 6 nitrogen and oxygen atoms in total. The molecular formula is C12H23N3O3S. The summed E-state index contributed by atoms with van der Waals surface area (Å²) in [5.74, 6) is 0. The van der Waals surface area contributed by atoms with Gasteiger partial charge in [-0.15, -0.1) is 0 Å². The molecule has 0 aliphatic carbocycles. The summed E-state index contributed by atoms with van der Waals surface area (Å²) in [5, 5.41) is 8.90. The highest BCUT2D eigenvalue weighted by atomic mass is 32.2. The summed E-state index contributed by atoms with van der Waals surface area (Å²) in [6.45, 7) is 5.02. The molecule has 1 unspecified atom stereocenters. The van der Waals surface area contributed by atoms with E-state index in [-0.39, 0.29) is 11.5 Å². The van der Waals surface area contributed by atoms with E-state index in [9.17, 15) is 8.42 Å². The molecule has 1 atom stereocenters. The number of likely N-dealkylation sites (N-methyl/N-ethyl adjacent to an activating group) is 1. The van der Waals surface area contributed by atoms with E-state index < -0.39 is 10.0 Å². The Kier molecular flexibility index (Phi) is 5.99. The van der Waals surface area contributed by atoms with Gasteiger partial charge in [-0.05, 0) is 26.5 Å². The first-order chi connectivity index (χ1) is 8.90. The number of hydrogen-bond acceptors (Lipinski definition) is 4. The standard InChI is InChI=1S/C12H23N3O3S/c1-4-10(2)15(3)6-5-14-19(17,18)12-7-11(9-16)13-8-12/h7-8,10,13-14,16H,4-6,9H2,1-3H3. The zero-order valence-corrected chi connectivity index (χ0v) is 12.5. The van der Waals surface area contributed by atoms with Crippen LogP contribution in [0.5, 0.6) is 0 Å². The summed E-state index contributed by atoms with van der Waals surface area (Å²) < 4.78 is 26.5. The van der Waals surface area contributed by atoms with Gasteiger partial charge < -0.3 is 15.0 Å². The molecule has 0 aliphatic rings. The van der Waals surface area contributed by atoms with Crippen LogP contribution in [0, 0.1) is 0 Å². The predicted octanol–water partition coefficient (Wildman–Crippen LogP) is 0.516. The maximum Gasteiger partial charge on any atom is 0.242 e. The van der Waals surface area contributed by atoms with Gasteiger partial charge >= 0.3 is 0 Å². The number of aromatic amines is 1. The van der Waals surface area contributed by atoms with E-state index in [2.05, 4.69) is 28.5 Å². The third-order valence-corrected chi connectivity index (χ3v) is 4.74. The molecule has 0 saturated carbocycles. The molecule has 1 aromatic rings. The van der Waals surface area contributed by atoms with E-state index >= 15 is 0 Å². The summed E-state index contributed by atoms with van der Waals surface area (Å²) in [6.07, 6.45) is 2.41. The van der Waals surface area contributed by atoms with Crippen LogP contribution in [0.1, 0.15) is 26.0 Å². The average molecular weight is 289 g/mol. The summed E-state index contributed by atoms with van der Waals surface area (Å²) in [6, 6.07) is 1.86. The molecule has 0 radical (unpaired) electrons. The Hall–Kier alpha value is -0.890. The first-order valence-electron chi connectivity index (χ1n) is 6.38. The Morgan fingerprint density at radius 2 is 2.21 bits per heavy atom. The Morgan fingerprint density at radius 1 is 1.53 bits per heavy atom. The number of rotatable bonds is 8. The summed E-state index contributed by atoms with van der Waals surface area (Å²) in [4.78, 5) is 4.97. The zero-order valence-electron chi connectivity index (χ0n) is 11.7. The number of aliphatic hydroxyl groups is 1. The maximum atomic E-state index is 12.0. The van der Waals surface area contributed by atoms with Crippen LogP contribution in [0.15, 0.2) is 17.2 Å². The van der Waals surface area contributed by atoms with Crippen molar-refractivity contribution in [3.05, 3.63) is 18.0 Å². The van der Waals surface area contributed by atoms with Crippen molar-refractivity contribution in [2.24, 2.45) is 0 Å². The van der Waals surface area contributed by atoms with Gasteiger partial charge in [0.15, 0.2) is 0 Å². The molecule has 1 aromatic heterocycles. The van der Waals surface area contributed by atoms with Crippen LogP contribution in [0.25, 0.3) is 0 Å². The molecule has 0 amide bonds. The number of sulfonamides is 1. The third-order valence-electron chi connectivity index (χ3n) is 3.30. The van der Waals surface area contributed by atoms with E-state index in [1.54, 1.807) is 0 Å². The minimum Gasteiger partial charge on any atom is -0.390 e. The topological polar surface area (TPSA) is 85.4 Å². The van der Waals surface area contributed by atoms with Crippen LogP contribution in [0.4, 0.5) is 0 Å². The van der Waals surface area contributed by atoms with Crippen molar-refractivity contribution in [1.29, 1.82) is 0 Å². The van der Waals surface area contributed by atoms with Crippen molar-refractivity contribution < 1.29 is 13.5 Å². The largest absolute Gasteiger partial charge is 0.390 e. The minimum absolute atomic E-state index is 0.155. The van der Waals surface area contributed by atoms with E-state index in [0.29, 0.717) is 24.8 Å². The first-order valence-corrected chi connectivity index (χ1v) is 7.87. The molecule has 0 spiro atoms. The highest BCUT2D eigenvalue weighted by molar-refractivity contribution is 7.89. The summed E-state index contributed by atoms with van der Waals surface area (Å²) in [5.41, 5.74) is 0.483.